The minimum atomic E-state index is -0.0456. The summed E-state index contributed by atoms with van der Waals surface area (Å²) in [5.41, 5.74) is 5.60. The Kier molecular flexibility index (Phi) is 4.34. The number of ketones is 1. The molecule has 146 valence electrons. The van der Waals surface area contributed by atoms with Crippen LogP contribution in [0.2, 0.25) is 0 Å². The molecule has 3 aliphatic rings. The summed E-state index contributed by atoms with van der Waals surface area (Å²) in [6, 6.07) is 15.4. The summed E-state index contributed by atoms with van der Waals surface area (Å²) in [7, 11) is 1.80. The smallest absolute Gasteiger partial charge is 0.139 e. The summed E-state index contributed by atoms with van der Waals surface area (Å²) < 4.78 is 5.83. The van der Waals surface area contributed by atoms with Crippen molar-refractivity contribution in [2.75, 3.05) is 7.11 Å². The first-order valence-corrected chi connectivity index (χ1v) is 10.9. The van der Waals surface area contributed by atoms with Crippen LogP contribution in [0.5, 0.6) is 5.75 Å². The Bertz CT molecular complexity index is 900. The van der Waals surface area contributed by atoms with Crippen LogP contribution < -0.4 is 4.74 Å². The molecule has 2 saturated carbocycles. The quantitative estimate of drug-likeness (QED) is 0.688. The van der Waals surface area contributed by atoms with E-state index in [0.29, 0.717) is 23.5 Å². The van der Waals surface area contributed by atoms with Gasteiger partial charge in [-0.05, 0) is 78.2 Å². The van der Waals surface area contributed by atoms with Gasteiger partial charge in [0.1, 0.15) is 11.5 Å². The summed E-state index contributed by atoms with van der Waals surface area (Å²) in [5, 5.41) is 0. The van der Waals surface area contributed by atoms with E-state index in [4.69, 9.17) is 4.74 Å². The molecule has 0 heterocycles. The van der Waals surface area contributed by atoms with E-state index in [9.17, 15) is 4.79 Å². The van der Waals surface area contributed by atoms with E-state index in [2.05, 4.69) is 49.4 Å². The van der Waals surface area contributed by atoms with Gasteiger partial charge >= 0.3 is 0 Å². The lowest BCUT2D eigenvalue weighted by molar-refractivity contribution is -0.129. The van der Waals surface area contributed by atoms with Gasteiger partial charge in [0.25, 0.3) is 0 Å². The number of benzene rings is 2. The molecule has 2 fully saturated rings. The van der Waals surface area contributed by atoms with Crippen LogP contribution in [-0.2, 0) is 17.6 Å². The fourth-order valence-corrected chi connectivity index (χ4v) is 6.57. The van der Waals surface area contributed by atoms with Gasteiger partial charge in [0.05, 0.1) is 7.11 Å². The number of methoxy groups -OCH3 is 1. The summed E-state index contributed by atoms with van der Waals surface area (Å²) in [4.78, 5) is 12.5. The Morgan fingerprint density at radius 2 is 1.89 bits per heavy atom. The van der Waals surface area contributed by atoms with Gasteiger partial charge in [-0.25, -0.2) is 0 Å². The zero-order valence-electron chi connectivity index (χ0n) is 17.0. The number of hydrogen-bond donors (Lipinski definition) is 0. The molecule has 2 nitrogen and oxygen atoms in total. The maximum atomic E-state index is 12.5. The second kappa shape index (κ2) is 6.76. The zero-order chi connectivity index (χ0) is 19.3. The van der Waals surface area contributed by atoms with Gasteiger partial charge in [0.15, 0.2) is 0 Å². The summed E-state index contributed by atoms with van der Waals surface area (Å²) >= 11 is 0. The molecular formula is C26H30O2. The Morgan fingerprint density at radius 3 is 2.68 bits per heavy atom. The second-order valence-corrected chi connectivity index (χ2v) is 9.36. The van der Waals surface area contributed by atoms with Crippen LogP contribution in [0.1, 0.15) is 67.2 Å². The lowest BCUT2D eigenvalue weighted by Crippen LogP contribution is -2.42. The minimum absolute atomic E-state index is 0.0456. The molecule has 2 aromatic carbocycles. The van der Waals surface area contributed by atoms with Crippen LogP contribution >= 0.6 is 0 Å². The number of fused-ring (bicyclic) bond motifs is 5. The molecular weight excluding hydrogens is 344 g/mol. The van der Waals surface area contributed by atoms with E-state index >= 15 is 0 Å². The fourth-order valence-electron chi connectivity index (χ4n) is 6.57. The molecule has 0 radical (unpaired) electrons. The SMILES string of the molecule is COc1cc2c(cc1Cc1ccccc1)CCC1C2CCC2(C)C(=O)CCC12. The van der Waals surface area contributed by atoms with E-state index in [0.717, 1.165) is 44.3 Å². The van der Waals surface area contributed by atoms with Crippen LogP contribution in [0.4, 0.5) is 0 Å². The Morgan fingerprint density at radius 1 is 1.07 bits per heavy atom. The summed E-state index contributed by atoms with van der Waals surface area (Å²) in [5.74, 6) is 3.41. The van der Waals surface area contributed by atoms with Gasteiger partial charge in [-0.2, -0.15) is 0 Å². The van der Waals surface area contributed by atoms with Gasteiger partial charge in [-0.15, -0.1) is 0 Å². The van der Waals surface area contributed by atoms with Gasteiger partial charge in [-0.1, -0.05) is 43.3 Å². The molecule has 0 aromatic heterocycles. The van der Waals surface area contributed by atoms with Crippen LogP contribution in [0.25, 0.3) is 0 Å². The summed E-state index contributed by atoms with van der Waals surface area (Å²) in [6.45, 7) is 2.25. The van der Waals surface area contributed by atoms with Crippen molar-refractivity contribution in [2.24, 2.45) is 17.3 Å². The number of hydrogen-bond acceptors (Lipinski definition) is 2. The maximum Gasteiger partial charge on any atom is 0.139 e. The third-order valence-electron chi connectivity index (χ3n) is 8.07. The van der Waals surface area contributed by atoms with Crippen LogP contribution in [0, 0.1) is 17.3 Å². The van der Waals surface area contributed by atoms with Crippen molar-refractivity contribution in [2.45, 2.75) is 57.8 Å². The van der Waals surface area contributed by atoms with Crippen molar-refractivity contribution in [3.8, 4) is 5.75 Å². The summed E-state index contributed by atoms with van der Waals surface area (Å²) in [6.07, 6.45) is 7.42. The number of ether oxygens (including phenoxy) is 1. The Labute approximate surface area is 168 Å². The molecule has 0 bridgehead atoms. The first kappa shape index (κ1) is 18.0. The molecule has 0 spiro atoms. The van der Waals surface area contributed by atoms with Crippen molar-refractivity contribution >= 4 is 5.78 Å². The molecule has 0 amide bonds. The molecule has 2 heteroatoms. The van der Waals surface area contributed by atoms with Crippen molar-refractivity contribution in [3.05, 3.63) is 64.7 Å². The average molecular weight is 375 g/mol. The van der Waals surface area contributed by atoms with Gasteiger partial charge in [-0.3, -0.25) is 4.79 Å². The highest BCUT2D eigenvalue weighted by Gasteiger charge is 2.54. The molecule has 4 unspecified atom stereocenters. The lowest BCUT2D eigenvalue weighted by atomic mass is 9.55. The number of rotatable bonds is 3. The molecule has 3 aliphatic carbocycles. The van der Waals surface area contributed by atoms with E-state index in [1.54, 1.807) is 7.11 Å². The van der Waals surface area contributed by atoms with Crippen LogP contribution in [0.15, 0.2) is 42.5 Å². The maximum absolute atomic E-state index is 12.5. The van der Waals surface area contributed by atoms with Crippen molar-refractivity contribution < 1.29 is 9.53 Å². The minimum Gasteiger partial charge on any atom is -0.496 e. The first-order chi connectivity index (χ1) is 13.6. The first-order valence-electron chi connectivity index (χ1n) is 10.9. The fraction of sp³-hybridized carbons (Fsp3) is 0.500. The van der Waals surface area contributed by atoms with Crippen LogP contribution in [0.3, 0.4) is 0 Å². The van der Waals surface area contributed by atoms with Crippen molar-refractivity contribution in [1.29, 1.82) is 0 Å². The highest BCUT2D eigenvalue weighted by Crippen LogP contribution is 2.59. The molecule has 0 aliphatic heterocycles. The second-order valence-electron chi connectivity index (χ2n) is 9.36. The largest absolute Gasteiger partial charge is 0.496 e. The standard InChI is InChI=1S/C26H30O2/c1-26-13-12-20-21(23(26)10-11-25(26)27)9-8-18-15-19(24(28-2)16-22(18)20)14-17-6-4-3-5-7-17/h3-7,15-16,20-21,23H,8-14H2,1-2H3. The van der Waals surface area contributed by atoms with E-state index in [-0.39, 0.29) is 5.41 Å². The lowest BCUT2D eigenvalue weighted by Gasteiger charge is -2.48. The molecule has 0 N–H and O–H groups in total. The van der Waals surface area contributed by atoms with Gasteiger partial charge < -0.3 is 4.74 Å². The van der Waals surface area contributed by atoms with E-state index in [1.807, 2.05) is 0 Å². The number of carbonyl (C=O) groups excluding carboxylic acids is 1. The van der Waals surface area contributed by atoms with Crippen LogP contribution in [-0.4, -0.2) is 12.9 Å². The predicted octanol–water partition coefficient (Wildman–Crippen LogP) is 5.71. The molecule has 5 rings (SSSR count). The predicted molar refractivity (Wildman–Crippen MR) is 112 cm³/mol. The topological polar surface area (TPSA) is 26.3 Å². The third-order valence-corrected chi connectivity index (χ3v) is 8.07. The molecule has 28 heavy (non-hydrogen) atoms. The van der Waals surface area contributed by atoms with E-state index < -0.39 is 0 Å². The normalized spacial score (nSPS) is 31.1. The molecule has 0 saturated heterocycles. The van der Waals surface area contributed by atoms with Gasteiger partial charge in [0.2, 0.25) is 0 Å². The number of aryl methyl sites for hydroxylation is 1. The Hall–Kier alpha value is -2.09. The average Bonchev–Trinajstić information content (AvgIpc) is 3.03. The van der Waals surface area contributed by atoms with Crippen molar-refractivity contribution in [1.82, 2.24) is 0 Å². The molecule has 2 aromatic rings. The zero-order valence-corrected chi connectivity index (χ0v) is 17.0. The van der Waals surface area contributed by atoms with Crippen molar-refractivity contribution in [3.63, 3.8) is 0 Å². The highest BCUT2D eigenvalue weighted by atomic mass is 16.5. The van der Waals surface area contributed by atoms with Gasteiger partial charge in [0, 0.05) is 18.3 Å². The molecule has 4 atom stereocenters. The third kappa shape index (κ3) is 2.72. The Balaban J connectivity index is 1.49. The highest BCUT2D eigenvalue weighted by molar-refractivity contribution is 5.87. The number of Topliss-reactive ketones (excluding diaryl/α,β-unsaturated/α-hetero) is 1. The van der Waals surface area contributed by atoms with E-state index in [1.165, 1.54) is 28.7 Å². The number of carbonyl (C=O) groups is 1. The monoisotopic (exact) mass is 374 g/mol.